The first-order valence-electron chi connectivity index (χ1n) is 7.83. The molecule has 1 aromatic carbocycles. The Morgan fingerprint density at radius 2 is 1.92 bits per heavy atom. The lowest BCUT2D eigenvalue weighted by Crippen LogP contribution is -2.13. The van der Waals surface area contributed by atoms with Crippen molar-refractivity contribution in [1.82, 2.24) is 14.8 Å². The highest BCUT2D eigenvalue weighted by Crippen LogP contribution is 2.32. The van der Waals surface area contributed by atoms with Gasteiger partial charge in [0.25, 0.3) is 5.91 Å². The Morgan fingerprint density at radius 3 is 2.52 bits per heavy atom. The van der Waals surface area contributed by atoms with Crippen molar-refractivity contribution < 1.29 is 4.79 Å². The lowest BCUT2D eigenvalue weighted by atomic mass is 10.0. The molecule has 0 aliphatic rings. The van der Waals surface area contributed by atoms with Crippen LogP contribution in [0.1, 0.15) is 32.2 Å². The summed E-state index contributed by atoms with van der Waals surface area (Å²) in [6.07, 6.45) is 0. The molecule has 0 fully saturated rings. The number of aryl methyl sites for hydroxylation is 4. The Hall–Kier alpha value is -1.99. The molecule has 25 heavy (non-hydrogen) atoms. The Labute approximate surface area is 159 Å². The molecular weight excluding hydrogens is 400 g/mol. The van der Waals surface area contributed by atoms with Crippen LogP contribution in [0.3, 0.4) is 0 Å². The van der Waals surface area contributed by atoms with Crippen LogP contribution in [0.4, 0.5) is 5.13 Å². The van der Waals surface area contributed by atoms with Crippen LogP contribution in [0.25, 0.3) is 11.3 Å². The topological polar surface area (TPSA) is 59.8 Å². The first-order chi connectivity index (χ1) is 11.8. The van der Waals surface area contributed by atoms with E-state index in [1.807, 2.05) is 20.9 Å². The van der Waals surface area contributed by atoms with Crippen LogP contribution in [0, 0.1) is 27.7 Å². The summed E-state index contributed by atoms with van der Waals surface area (Å²) in [6.45, 7) is 8.09. The minimum absolute atomic E-state index is 0.268. The van der Waals surface area contributed by atoms with Crippen LogP contribution < -0.4 is 5.32 Å². The van der Waals surface area contributed by atoms with Crippen molar-refractivity contribution in [3.63, 3.8) is 0 Å². The summed E-state index contributed by atoms with van der Waals surface area (Å²) < 4.78 is 2.38. The lowest BCUT2D eigenvalue weighted by molar-refractivity contribution is 0.102. The van der Waals surface area contributed by atoms with Gasteiger partial charge in [0.05, 0.1) is 15.9 Å². The number of nitrogens with zero attached hydrogens (tertiary/aromatic N) is 3. The average Bonchev–Trinajstić information content (AvgIpc) is 3.04. The third-order valence-corrected chi connectivity index (χ3v) is 6.11. The third-order valence-electron chi connectivity index (χ3n) is 4.27. The van der Waals surface area contributed by atoms with Crippen molar-refractivity contribution in [2.45, 2.75) is 27.7 Å². The molecule has 0 unspecified atom stereocenters. The zero-order valence-corrected chi connectivity index (χ0v) is 17.2. The molecule has 0 aliphatic carbocycles. The first kappa shape index (κ1) is 17.8. The molecular formula is C18H19BrN4OS. The summed E-state index contributed by atoms with van der Waals surface area (Å²) in [6, 6.07) is 6.28. The standard InChI is InChI=1S/C18H19BrN4OS/c1-9-6-7-13(8-10(9)2)15-12(4)25-18(20-15)21-17(24)16-14(19)11(3)23(5)22-16/h6-8H,1-5H3,(H,20,21,24). The van der Waals surface area contributed by atoms with E-state index in [0.29, 0.717) is 15.3 Å². The van der Waals surface area contributed by atoms with Crippen molar-refractivity contribution in [1.29, 1.82) is 0 Å². The van der Waals surface area contributed by atoms with Crippen molar-refractivity contribution in [2.24, 2.45) is 7.05 Å². The van der Waals surface area contributed by atoms with Gasteiger partial charge in [0.2, 0.25) is 0 Å². The SMILES string of the molecule is Cc1ccc(-c2nc(NC(=O)c3nn(C)c(C)c3Br)sc2C)cc1C. The van der Waals surface area contributed by atoms with Gasteiger partial charge >= 0.3 is 0 Å². The van der Waals surface area contributed by atoms with E-state index in [1.165, 1.54) is 22.5 Å². The summed E-state index contributed by atoms with van der Waals surface area (Å²) in [7, 11) is 1.81. The molecule has 0 saturated carbocycles. The minimum atomic E-state index is -0.268. The van der Waals surface area contributed by atoms with Crippen LogP contribution >= 0.6 is 27.3 Å². The number of aromatic nitrogens is 3. The van der Waals surface area contributed by atoms with Gasteiger partial charge in [-0.1, -0.05) is 12.1 Å². The molecule has 3 rings (SSSR count). The number of benzene rings is 1. The predicted octanol–water partition coefficient (Wildman–Crippen LogP) is 4.79. The van der Waals surface area contributed by atoms with Gasteiger partial charge in [0.1, 0.15) is 0 Å². The third kappa shape index (κ3) is 3.39. The molecule has 7 heteroatoms. The van der Waals surface area contributed by atoms with E-state index in [1.54, 1.807) is 4.68 Å². The number of nitrogens with one attached hydrogen (secondary N) is 1. The smallest absolute Gasteiger partial charge is 0.279 e. The lowest BCUT2D eigenvalue weighted by Gasteiger charge is -2.03. The second-order valence-corrected chi connectivity index (χ2v) is 8.04. The molecule has 5 nitrogen and oxygen atoms in total. The number of carbonyl (C=O) groups is 1. The summed E-state index contributed by atoms with van der Waals surface area (Å²) in [4.78, 5) is 18.2. The Balaban J connectivity index is 1.88. The van der Waals surface area contributed by atoms with E-state index in [9.17, 15) is 4.79 Å². The monoisotopic (exact) mass is 418 g/mol. The van der Waals surface area contributed by atoms with E-state index >= 15 is 0 Å². The molecule has 0 spiro atoms. The fourth-order valence-corrected chi connectivity index (χ4v) is 3.84. The van der Waals surface area contributed by atoms with Gasteiger partial charge in [-0.2, -0.15) is 5.10 Å². The van der Waals surface area contributed by atoms with E-state index in [2.05, 4.69) is 63.4 Å². The van der Waals surface area contributed by atoms with Crippen molar-refractivity contribution in [3.05, 3.63) is 50.1 Å². The molecule has 0 atom stereocenters. The molecule has 130 valence electrons. The van der Waals surface area contributed by atoms with Crippen LogP contribution in [0.5, 0.6) is 0 Å². The summed E-state index contributed by atoms with van der Waals surface area (Å²) >= 11 is 4.89. The maximum absolute atomic E-state index is 12.5. The van der Waals surface area contributed by atoms with Crippen LogP contribution in [-0.4, -0.2) is 20.7 Å². The summed E-state index contributed by atoms with van der Waals surface area (Å²) in [5.41, 5.74) is 5.70. The van der Waals surface area contributed by atoms with E-state index in [-0.39, 0.29) is 5.91 Å². The molecule has 1 N–H and O–H groups in total. The van der Waals surface area contributed by atoms with E-state index in [4.69, 9.17) is 0 Å². The highest BCUT2D eigenvalue weighted by Gasteiger charge is 2.20. The number of carbonyl (C=O) groups excluding carboxylic acids is 1. The van der Waals surface area contributed by atoms with Gasteiger partial charge < -0.3 is 0 Å². The Bertz CT molecular complexity index is 974. The number of hydrogen-bond acceptors (Lipinski definition) is 4. The second kappa shape index (κ2) is 6.72. The summed E-state index contributed by atoms with van der Waals surface area (Å²) in [5, 5.41) is 7.68. The molecule has 2 heterocycles. The van der Waals surface area contributed by atoms with Gasteiger partial charge in [-0.25, -0.2) is 4.98 Å². The van der Waals surface area contributed by atoms with E-state index in [0.717, 1.165) is 21.8 Å². The number of hydrogen-bond donors (Lipinski definition) is 1. The maximum Gasteiger partial charge on any atom is 0.279 e. The molecule has 3 aromatic rings. The van der Waals surface area contributed by atoms with Gasteiger partial charge in [-0.05, 0) is 60.8 Å². The summed E-state index contributed by atoms with van der Waals surface area (Å²) in [5.74, 6) is -0.268. The Morgan fingerprint density at radius 1 is 1.20 bits per heavy atom. The van der Waals surface area contributed by atoms with Crippen LogP contribution in [-0.2, 0) is 7.05 Å². The molecule has 0 aliphatic heterocycles. The van der Waals surface area contributed by atoms with Crippen molar-refractivity contribution >= 4 is 38.3 Å². The number of amides is 1. The number of rotatable bonds is 3. The largest absolute Gasteiger partial charge is 0.296 e. The Kier molecular flexibility index (Phi) is 4.79. The fourth-order valence-electron chi connectivity index (χ4n) is 2.49. The molecule has 0 bridgehead atoms. The van der Waals surface area contributed by atoms with Gasteiger partial charge in [-0.3, -0.25) is 14.8 Å². The highest BCUT2D eigenvalue weighted by atomic mass is 79.9. The molecule has 2 aromatic heterocycles. The highest BCUT2D eigenvalue weighted by molar-refractivity contribution is 9.10. The zero-order valence-electron chi connectivity index (χ0n) is 14.8. The van der Waals surface area contributed by atoms with E-state index < -0.39 is 0 Å². The normalized spacial score (nSPS) is 11.0. The van der Waals surface area contributed by atoms with Crippen molar-refractivity contribution in [2.75, 3.05) is 5.32 Å². The van der Waals surface area contributed by atoms with Crippen LogP contribution in [0.15, 0.2) is 22.7 Å². The minimum Gasteiger partial charge on any atom is -0.296 e. The molecule has 1 amide bonds. The number of thiazole rings is 1. The molecule has 0 saturated heterocycles. The van der Waals surface area contributed by atoms with Gasteiger partial charge in [0, 0.05) is 17.5 Å². The molecule has 0 radical (unpaired) electrons. The van der Waals surface area contributed by atoms with Gasteiger partial charge in [0.15, 0.2) is 10.8 Å². The van der Waals surface area contributed by atoms with Gasteiger partial charge in [-0.15, -0.1) is 11.3 Å². The number of anilines is 1. The maximum atomic E-state index is 12.5. The first-order valence-corrected chi connectivity index (χ1v) is 9.44. The zero-order chi connectivity index (χ0) is 18.3. The fraction of sp³-hybridized carbons (Fsp3) is 0.278. The number of halogens is 1. The van der Waals surface area contributed by atoms with Crippen LogP contribution in [0.2, 0.25) is 0 Å². The quantitative estimate of drug-likeness (QED) is 0.664. The average molecular weight is 419 g/mol. The van der Waals surface area contributed by atoms with Crippen molar-refractivity contribution in [3.8, 4) is 11.3 Å². The second-order valence-electron chi connectivity index (χ2n) is 6.05. The predicted molar refractivity (Wildman–Crippen MR) is 105 cm³/mol.